The summed E-state index contributed by atoms with van der Waals surface area (Å²) in [5.74, 6) is 0. The minimum absolute atomic E-state index is 0. The molecule has 0 fully saturated rings. The Bertz CT molecular complexity index is 6.00. The van der Waals surface area contributed by atoms with Crippen LogP contribution in [0.4, 0.5) is 0 Å². The molecule has 2 nitrogen and oxygen atoms in total. The van der Waals surface area contributed by atoms with Crippen molar-refractivity contribution in [3.8, 4) is 0 Å². The maximum atomic E-state index is 0. The molecule has 0 rings (SSSR count). The van der Waals surface area contributed by atoms with Gasteiger partial charge in [0, 0.05) is 0 Å². The van der Waals surface area contributed by atoms with Gasteiger partial charge in [0.25, 0.3) is 0 Å². The van der Waals surface area contributed by atoms with Crippen molar-refractivity contribution in [2.45, 2.75) is 0 Å². The largest absolute Gasteiger partial charge is 3.00 e. The van der Waals surface area contributed by atoms with Gasteiger partial charge in [-0.05, 0) is 0 Å². The van der Waals surface area contributed by atoms with E-state index in [1.54, 1.807) is 0 Å². The first-order valence-electron chi connectivity index (χ1n) is 0. The minimum Gasteiger partial charge on any atom is -0.870 e. The van der Waals surface area contributed by atoms with Crippen molar-refractivity contribution in [1.82, 2.24) is 0 Å². The van der Waals surface area contributed by atoms with E-state index in [0.717, 1.165) is 0 Å². The van der Waals surface area contributed by atoms with Crippen molar-refractivity contribution >= 4 is 0 Å². The van der Waals surface area contributed by atoms with Crippen LogP contribution in [0.1, 0.15) is 0 Å². The third-order valence-corrected chi connectivity index (χ3v) is 0. The van der Waals surface area contributed by atoms with Crippen molar-refractivity contribution in [3.63, 3.8) is 0 Å². The van der Waals surface area contributed by atoms with Gasteiger partial charge in [0.2, 0.25) is 0 Å². The van der Waals surface area contributed by atoms with Gasteiger partial charge >= 0.3 is 34.4 Å². The Balaban J connectivity index is 0. The van der Waals surface area contributed by atoms with Gasteiger partial charge in [-0.1, -0.05) is 0 Å². The maximum Gasteiger partial charge on any atom is 3.00 e. The van der Waals surface area contributed by atoms with Crippen LogP contribution in [0, 0.1) is 0 Å². The molecule has 0 amide bonds. The molecule has 0 saturated carbocycles. The minimum atomic E-state index is 0. The van der Waals surface area contributed by atoms with E-state index in [1.165, 1.54) is 0 Å². The van der Waals surface area contributed by atoms with Crippen molar-refractivity contribution in [3.05, 3.63) is 0 Å². The van der Waals surface area contributed by atoms with Gasteiger partial charge in [0.1, 0.15) is 0 Å². The van der Waals surface area contributed by atoms with E-state index in [-0.39, 0.29) is 45.4 Å². The molecule has 0 aliphatic rings. The van der Waals surface area contributed by atoms with Crippen molar-refractivity contribution in [2.75, 3.05) is 0 Å². The molecule has 0 unspecified atom stereocenters. The standard InChI is InChI=1S/Cr.Fe.2H2O/h;;2*1H2/q2*+3;;/p-2. The molecule has 0 bridgehead atoms. The zero-order valence-corrected chi connectivity index (χ0v) is 4.04. The molecule has 2 N–H and O–H groups in total. The predicted molar refractivity (Wildman–Crippen MR) is 3.87 cm³/mol. The fourth-order valence-corrected chi connectivity index (χ4v) is 0. The molecule has 2 radical (unpaired) electrons. The first-order chi connectivity index (χ1) is 0. The average Bonchev–Trinajstić information content (AvgIpc) is 0. The second kappa shape index (κ2) is 37.1. The van der Waals surface area contributed by atoms with Gasteiger partial charge < -0.3 is 11.0 Å². The van der Waals surface area contributed by atoms with E-state index >= 15 is 0 Å². The fraction of sp³-hybridized carbons (Fsp3) is 0. The Morgan fingerprint density at radius 3 is 0.750 bits per heavy atom. The summed E-state index contributed by atoms with van der Waals surface area (Å²) in [5.41, 5.74) is 0. The van der Waals surface area contributed by atoms with Gasteiger partial charge in [-0.3, -0.25) is 0 Å². The Labute approximate surface area is 45.8 Å². The summed E-state index contributed by atoms with van der Waals surface area (Å²) in [4.78, 5) is 0. The number of rotatable bonds is 0. The quantitative estimate of drug-likeness (QED) is 0.433. The summed E-state index contributed by atoms with van der Waals surface area (Å²) in [6.07, 6.45) is 0. The first kappa shape index (κ1) is 83.0. The average molecular weight is 142 g/mol. The van der Waals surface area contributed by atoms with Crippen LogP contribution in [0.15, 0.2) is 0 Å². The van der Waals surface area contributed by atoms with E-state index < -0.39 is 0 Å². The monoisotopic (exact) mass is 142 g/mol. The van der Waals surface area contributed by atoms with Crippen molar-refractivity contribution in [2.24, 2.45) is 0 Å². The third-order valence-electron chi connectivity index (χ3n) is 0. The van der Waals surface area contributed by atoms with Crippen LogP contribution < -0.4 is 0 Å². The number of hydrogen-bond donors (Lipinski definition) is 0. The fourth-order valence-electron chi connectivity index (χ4n) is 0. The van der Waals surface area contributed by atoms with Crippen LogP contribution in [0.25, 0.3) is 0 Å². The topological polar surface area (TPSA) is 60.0 Å². The van der Waals surface area contributed by atoms with Crippen LogP contribution in [-0.4, -0.2) is 11.0 Å². The smallest absolute Gasteiger partial charge is 0.870 e. The SMILES string of the molecule is [Cr+3].[Fe+3].[OH-].[OH-]. The van der Waals surface area contributed by atoms with Gasteiger partial charge in [0.05, 0.1) is 0 Å². The van der Waals surface area contributed by atoms with Gasteiger partial charge in [0.15, 0.2) is 0 Å². The van der Waals surface area contributed by atoms with Gasteiger partial charge in [-0.25, -0.2) is 0 Å². The molecule has 0 saturated heterocycles. The van der Waals surface area contributed by atoms with Crippen LogP contribution in [0.5, 0.6) is 0 Å². The second-order valence-corrected chi connectivity index (χ2v) is 0. The second-order valence-electron chi connectivity index (χ2n) is 0. The molecule has 0 aromatic rings. The molecule has 0 atom stereocenters. The molecule has 4 heteroatoms. The van der Waals surface area contributed by atoms with Crippen molar-refractivity contribution < 1.29 is 45.4 Å². The summed E-state index contributed by atoms with van der Waals surface area (Å²) in [5, 5.41) is 0. The summed E-state index contributed by atoms with van der Waals surface area (Å²) in [7, 11) is 0. The van der Waals surface area contributed by atoms with E-state index in [4.69, 9.17) is 0 Å². The van der Waals surface area contributed by atoms with Crippen LogP contribution in [0.2, 0.25) is 0 Å². The summed E-state index contributed by atoms with van der Waals surface area (Å²) in [6, 6.07) is 0. The Kier molecular flexibility index (Phi) is 771. The van der Waals surface area contributed by atoms with E-state index in [2.05, 4.69) is 0 Å². The summed E-state index contributed by atoms with van der Waals surface area (Å²) >= 11 is 0. The first-order valence-corrected chi connectivity index (χ1v) is 0. The van der Waals surface area contributed by atoms with Gasteiger partial charge in [-0.2, -0.15) is 0 Å². The molecule has 24 valence electrons. The molecule has 0 heterocycles. The molecule has 0 aromatic carbocycles. The normalized spacial score (nSPS) is 0. The molecular formula is H2CrFeO2+4. The Morgan fingerprint density at radius 2 is 0.750 bits per heavy atom. The molecular weight excluding hydrogens is 140 g/mol. The Hall–Kier alpha value is 0.972. The number of hydrogen-bond acceptors (Lipinski definition) is 2. The third kappa shape index (κ3) is 12.2. The van der Waals surface area contributed by atoms with Crippen LogP contribution in [-0.2, 0) is 34.4 Å². The zero-order chi connectivity index (χ0) is 0. The molecule has 0 spiro atoms. The molecule has 0 aliphatic carbocycles. The van der Waals surface area contributed by atoms with Crippen LogP contribution >= 0.6 is 0 Å². The van der Waals surface area contributed by atoms with Gasteiger partial charge in [-0.15, -0.1) is 0 Å². The van der Waals surface area contributed by atoms with Crippen LogP contribution in [0.3, 0.4) is 0 Å². The molecule has 0 aromatic heterocycles. The summed E-state index contributed by atoms with van der Waals surface area (Å²) < 4.78 is 0. The van der Waals surface area contributed by atoms with E-state index in [9.17, 15) is 0 Å². The van der Waals surface area contributed by atoms with Crippen molar-refractivity contribution in [1.29, 1.82) is 0 Å². The summed E-state index contributed by atoms with van der Waals surface area (Å²) in [6.45, 7) is 0. The predicted octanol–water partition coefficient (Wildman–Crippen LogP) is -0.359. The van der Waals surface area contributed by atoms with E-state index in [1.807, 2.05) is 0 Å². The molecule has 0 aliphatic heterocycles. The van der Waals surface area contributed by atoms with E-state index in [0.29, 0.717) is 0 Å². The zero-order valence-electron chi connectivity index (χ0n) is 1.66. The maximum absolute atomic E-state index is 0. The Morgan fingerprint density at radius 1 is 0.750 bits per heavy atom. The molecule has 4 heavy (non-hydrogen) atoms.